The van der Waals surface area contributed by atoms with Crippen LogP contribution < -0.4 is 17.0 Å². The fourth-order valence-corrected chi connectivity index (χ4v) is 2.62. The largest absolute Gasteiger partial charge is 0.461 e. The number of anilines is 1. The van der Waals surface area contributed by atoms with Crippen LogP contribution in [0.25, 0.3) is 0 Å². The van der Waals surface area contributed by atoms with E-state index in [-0.39, 0.29) is 36.6 Å². The van der Waals surface area contributed by atoms with Gasteiger partial charge in [-0.25, -0.2) is 0 Å². The van der Waals surface area contributed by atoms with Crippen molar-refractivity contribution in [1.82, 2.24) is 4.57 Å². The molecule has 0 bridgehead atoms. The molecule has 1 aromatic rings. The molecule has 24 heavy (non-hydrogen) atoms. The second-order valence-electron chi connectivity index (χ2n) is 5.90. The zero-order chi connectivity index (χ0) is 17.7. The van der Waals surface area contributed by atoms with Crippen LogP contribution in [0.15, 0.2) is 16.9 Å². The van der Waals surface area contributed by atoms with Gasteiger partial charge >= 0.3 is 5.97 Å². The van der Waals surface area contributed by atoms with Crippen LogP contribution in [0.2, 0.25) is 0 Å². The number of pyridine rings is 1. The normalized spacial score (nSPS) is 16.1. The Bertz CT molecular complexity index is 664. The van der Waals surface area contributed by atoms with E-state index in [1.54, 1.807) is 0 Å². The fourth-order valence-electron chi connectivity index (χ4n) is 2.62. The molecule has 1 aliphatic carbocycles. The molecule has 4 N–H and O–H groups in total. The summed E-state index contributed by atoms with van der Waals surface area (Å²) in [5.41, 5.74) is 11.4. The SMILES string of the molecule is CC(=O)c1ccc(=O)n(COCC(N)C(=O)OC2CCCC2)c1N. The average molecular weight is 337 g/mol. The number of hydrogen-bond donors (Lipinski definition) is 2. The number of nitrogens with two attached hydrogens (primary N) is 2. The highest BCUT2D eigenvalue weighted by atomic mass is 16.5. The predicted octanol–water partition coefficient (Wildman–Crippen LogP) is 0.420. The molecule has 0 spiro atoms. The lowest BCUT2D eigenvalue weighted by Gasteiger charge is -2.17. The highest BCUT2D eigenvalue weighted by molar-refractivity contribution is 5.98. The lowest BCUT2D eigenvalue weighted by atomic mass is 10.2. The Morgan fingerprint density at radius 2 is 2.00 bits per heavy atom. The molecule has 1 heterocycles. The van der Waals surface area contributed by atoms with Gasteiger partial charge < -0.3 is 20.9 Å². The molecule has 0 amide bonds. The van der Waals surface area contributed by atoms with Crippen molar-refractivity contribution in [3.05, 3.63) is 28.0 Å². The van der Waals surface area contributed by atoms with E-state index >= 15 is 0 Å². The molecule has 1 saturated carbocycles. The zero-order valence-corrected chi connectivity index (χ0v) is 13.7. The minimum atomic E-state index is -0.932. The second-order valence-corrected chi connectivity index (χ2v) is 5.90. The van der Waals surface area contributed by atoms with E-state index in [4.69, 9.17) is 20.9 Å². The van der Waals surface area contributed by atoms with Crippen LogP contribution in [-0.4, -0.2) is 35.1 Å². The number of ether oxygens (including phenoxy) is 2. The van der Waals surface area contributed by atoms with Crippen molar-refractivity contribution in [3.8, 4) is 0 Å². The van der Waals surface area contributed by atoms with Gasteiger partial charge in [0.2, 0.25) is 0 Å². The van der Waals surface area contributed by atoms with Gasteiger partial charge in [0, 0.05) is 6.07 Å². The van der Waals surface area contributed by atoms with Gasteiger partial charge in [0.1, 0.15) is 24.7 Å². The monoisotopic (exact) mass is 337 g/mol. The summed E-state index contributed by atoms with van der Waals surface area (Å²) in [5, 5.41) is 0. The van der Waals surface area contributed by atoms with Gasteiger partial charge in [-0.05, 0) is 38.7 Å². The molecular formula is C16H23N3O5. The number of nitrogen functional groups attached to an aromatic ring is 1. The topological polar surface area (TPSA) is 127 Å². The van der Waals surface area contributed by atoms with Crippen LogP contribution in [-0.2, 0) is 21.0 Å². The number of nitrogens with zero attached hydrogens (tertiary/aromatic N) is 1. The van der Waals surface area contributed by atoms with Crippen LogP contribution in [0.4, 0.5) is 5.82 Å². The van der Waals surface area contributed by atoms with Crippen LogP contribution in [0.3, 0.4) is 0 Å². The molecule has 0 saturated heterocycles. The Morgan fingerprint density at radius 3 is 2.62 bits per heavy atom. The maximum absolute atomic E-state index is 11.9. The number of esters is 1. The van der Waals surface area contributed by atoms with Gasteiger partial charge in [-0.15, -0.1) is 0 Å². The first kappa shape index (κ1) is 18.2. The molecule has 0 aromatic carbocycles. The average Bonchev–Trinajstić information content (AvgIpc) is 3.02. The van der Waals surface area contributed by atoms with Crippen molar-refractivity contribution in [1.29, 1.82) is 0 Å². The number of aromatic nitrogens is 1. The number of rotatable bonds is 7. The standard InChI is InChI=1S/C16H23N3O5/c1-10(20)12-6-7-14(21)19(15(12)18)9-23-8-13(17)16(22)24-11-4-2-3-5-11/h6-7,11,13H,2-5,8-9,17-18H2,1H3. The summed E-state index contributed by atoms with van der Waals surface area (Å²) >= 11 is 0. The lowest BCUT2D eigenvalue weighted by Crippen LogP contribution is -2.39. The van der Waals surface area contributed by atoms with Crippen LogP contribution in [0.1, 0.15) is 43.0 Å². The van der Waals surface area contributed by atoms with Crippen molar-refractivity contribution >= 4 is 17.6 Å². The third-order valence-corrected chi connectivity index (χ3v) is 4.01. The van der Waals surface area contributed by atoms with E-state index in [0.29, 0.717) is 0 Å². The summed E-state index contributed by atoms with van der Waals surface area (Å²) in [6.45, 7) is 1.05. The minimum absolute atomic E-state index is 0.0251. The maximum Gasteiger partial charge on any atom is 0.325 e. The molecule has 1 fully saturated rings. The Kier molecular flexibility index (Phi) is 6.10. The zero-order valence-electron chi connectivity index (χ0n) is 13.7. The third kappa shape index (κ3) is 4.42. The number of carbonyl (C=O) groups excluding carboxylic acids is 2. The van der Waals surface area contributed by atoms with E-state index in [2.05, 4.69) is 0 Å². The predicted molar refractivity (Wildman–Crippen MR) is 87.4 cm³/mol. The van der Waals surface area contributed by atoms with Crippen molar-refractivity contribution in [2.45, 2.75) is 51.5 Å². The van der Waals surface area contributed by atoms with Crippen molar-refractivity contribution in [2.75, 3.05) is 12.3 Å². The first-order valence-corrected chi connectivity index (χ1v) is 7.94. The Hall–Kier alpha value is -2.19. The molecule has 1 aliphatic rings. The molecule has 0 aliphatic heterocycles. The Balaban J connectivity index is 1.89. The van der Waals surface area contributed by atoms with Gasteiger partial charge in [0.15, 0.2) is 5.78 Å². The first-order valence-electron chi connectivity index (χ1n) is 7.94. The minimum Gasteiger partial charge on any atom is -0.461 e. The fraction of sp³-hybridized carbons (Fsp3) is 0.562. The molecule has 1 unspecified atom stereocenters. The summed E-state index contributed by atoms with van der Waals surface area (Å²) < 4.78 is 11.7. The van der Waals surface area contributed by atoms with Crippen molar-refractivity contribution in [3.63, 3.8) is 0 Å². The van der Waals surface area contributed by atoms with Gasteiger partial charge in [0.25, 0.3) is 5.56 Å². The summed E-state index contributed by atoms with van der Waals surface area (Å²) in [6.07, 6.45) is 3.78. The third-order valence-electron chi connectivity index (χ3n) is 4.01. The molecule has 8 heteroatoms. The lowest BCUT2D eigenvalue weighted by molar-refractivity contribution is -0.152. The Morgan fingerprint density at radius 1 is 1.33 bits per heavy atom. The molecular weight excluding hydrogens is 314 g/mol. The van der Waals surface area contributed by atoms with E-state index in [1.165, 1.54) is 19.1 Å². The number of carbonyl (C=O) groups is 2. The summed E-state index contributed by atoms with van der Waals surface area (Å²) in [5.74, 6) is -0.741. The molecule has 1 aromatic heterocycles. The van der Waals surface area contributed by atoms with Gasteiger partial charge in [-0.2, -0.15) is 0 Å². The van der Waals surface area contributed by atoms with Gasteiger partial charge in [-0.1, -0.05) is 0 Å². The molecule has 2 rings (SSSR count). The highest BCUT2D eigenvalue weighted by Crippen LogP contribution is 2.21. The molecule has 132 valence electrons. The number of Topliss-reactive ketones (excluding diaryl/α,β-unsaturated/α-hetero) is 1. The summed E-state index contributed by atoms with van der Waals surface area (Å²) in [4.78, 5) is 35.1. The van der Waals surface area contributed by atoms with Crippen molar-refractivity contribution < 1.29 is 19.1 Å². The van der Waals surface area contributed by atoms with E-state index in [9.17, 15) is 14.4 Å². The van der Waals surface area contributed by atoms with Crippen LogP contribution >= 0.6 is 0 Å². The number of hydrogen-bond acceptors (Lipinski definition) is 7. The second kappa shape index (κ2) is 8.07. The quantitative estimate of drug-likeness (QED) is 0.545. The van der Waals surface area contributed by atoms with E-state index in [1.807, 2.05) is 0 Å². The Labute approximate surface area is 139 Å². The number of ketones is 1. The van der Waals surface area contributed by atoms with Crippen LogP contribution in [0.5, 0.6) is 0 Å². The molecule has 8 nitrogen and oxygen atoms in total. The van der Waals surface area contributed by atoms with Gasteiger partial charge in [0.05, 0.1) is 12.2 Å². The smallest absolute Gasteiger partial charge is 0.325 e. The first-order chi connectivity index (χ1) is 11.4. The highest BCUT2D eigenvalue weighted by Gasteiger charge is 2.23. The van der Waals surface area contributed by atoms with E-state index in [0.717, 1.165) is 30.3 Å². The summed E-state index contributed by atoms with van der Waals surface area (Å²) in [7, 11) is 0. The summed E-state index contributed by atoms with van der Waals surface area (Å²) in [6, 6.07) is 1.69. The molecule has 1 atom stereocenters. The van der Waals surface area contributed by atoms with Gasteiger partial charge in [-0.3, -0.25) is 19.0 Å². The molecule has 0 radical (unpaired) electrons. The van der Waals surface area contributed by atoms with Crippen molar-refractivity contribution in [2.24, 2.45) is 5.73 Å². The van der Waals surface area contributed by atoms with Crippen LogP contribution in [0, 0.1) is 0 Å². The maximum atomic E-state index is 11.9. The van der Waals surface area contributed by atoms with E-state index < -0.39 is 17.6 Å².